The fourth-order valence-electron chi connectivity index (χ4n) is 3.79. The average Bonchev–Trinajstić information content (AvgIpc) is 3.06. The molecule has 1 amide bonds. The van der Waals surface area contributed by atoms with Gasteiger partial charge in [-0.05, 0) is 38.0 Å². The second-order valence-electron chi connectivity index (χ2n) is 7.75. The van der Waals surface area contributed by atoms with Crippen LogP contribution in [-0.2, 0) is 14.3 Å². The molecule has 0 bridgehead atoms. The lowest BCUT2D eigenvalue weighted by atomic mass is 9.95. The van der Waals surface area contributed by atoms with Crippen LogP contribution in [-0.4, -0.2) is 55.2 Å². The number of ether oxygens (including phenoxy) is 3. The quantitative estimate of drug-likeness (QED) is 0.276. The van der Waals surface area contributed by atoms with Crippen LogP contribution < -0.4 is 9.47 Å². The smallest absolute Gasteiger partial charge is 0.295 e. The largest absolute Gasteiger partial charge is 0.507 e. The van der Waals surface area contributed by atoms with Crippen LogP contribution in [0.2, 0.25) is 0 Å². The van der Waals surface area contributed by atoms with Gasteiger partial charge in [-0.3, -0.25) is 9.59 Å². The fourth-order valence-corrected chi connectivity index (χ4v) is 3.79. The standard InChI is InChI=1S/C25H29NO6/c1-16(2)32-14-8-13-26-22(18-11-12-19(30-3)20(15-18)31-4)21(24(28)25(26)29)23(27)17-9-6-5-7-10-17/h5-7,9-12,15-16,22,27H,8,13-14H2,1-4H3/b23-21-. The number of methoxy groups -OCH3 is 2. The second kappa shape index (κ2) is 10.3. The van der Waals surface area contributed by atoms with E-state index < -0.39 is 17.7 Å². The van der Waals surface area contributed by atoms with Crippen molar-refractivity contribution in [3.63, 3.8) is 0 Å². The Labute approximate surface area is 188 Å². The summed E-state index contributed by atoms with van der Waals surface area (Å²) in [5.41, 5.74) is 1.17. The van der Waals surface area contributed by atoms with Gasteiger partial charge in [-0.15, -0.1) is 0 Å². The van der Waals surface area contributed by atoms with Gasteiger partial charge in [0, 0.05) is 18.7 Å². The van der Waals surface area contributed by atoms with E-state index in [-0.39, 0.29) is 17.4 Å². The molecule has 7 nitrogen and oxygen atoms in total. The highest BCUT2D eigenvalue weighted by atomic mass is 16.5. The summed E-state index contributed by atoms with van der Waals surface area (Å²) in [5, 5.41) is 11.0. The van der Waals surface area contributed by atoms with Gasteiger partial charge < -0.3 is 24.2 Å². The number of aliphatic hydroxyl groups is 1. The number of rotatable bonds is 9. The number of hydrogen-bond donors (Lipinski definition) is 1. The number of carbonyl (C=O) groups excluding carboxylic acids is 2. The summed E-state index contributed by atoms with van der Waals surface area (Å²) >= 11 is 0. The molecule has 2 aromatic rings. The number of amides is 1. The SMILES string of the molecule is COc1ccc(C2/C(=C(/O)c3ccccc3)C(=O)C(=O)N2CCCOC(C)C)cc1OC. The van der Waals surface area contributed by atoms with Crippen molar-refractivity contribution in [3.05, 3.63) is 65.2 Å². The first-order valence-corrected chi connectivity index (χ1v) is 10.6. The Bertz CT molecular complexity index is 999. The number of carbonyl (C=O) groups is 2. The van der Waals surface area contributed by atoms with E-state index in [1.165, 1.54) is 19.1 Å². The predicted octanol–water partition coefficient (Wildman–Crippen LogP) is 3.94. The minimum absolute atomic E-state index is 0.0539. The molecular formula is C25H29NO6. The monoisotopic (exact) mass is 439 g/mol. The molecule has 1 aliphatic heterocycles. The lowest BCUT2D eigenvalue weighted by Crippen LogP contribution is -2.31. The van der Waals surface area contributed by atoms with E-state index in [0.29, 0.717) is 42.2 Å². The summed E-state index contributed by atoms with van der Waals surface area (Å²) in [4.78, 5) is 27.5. The Morgan fingerprint density at radius 1 is 1.03 bits per heavy atom. The normalized spacial score (nSPS) is 17.8. The molecule has 7 heteroatoms. The molecule has 2 aromatic carbocycles. The summed E-state index contributed by atoms with van der Waals surface area (Å²) in [6, 6.07) is 13.2. The van der Waals surface area contributed by atoms with E-state index in [9.17, 15) is 14.7 Å². The van der Waals surface area contributed by atoms with Gasteiger partial charge in [0.15, 0.2) is 11.5 Å². The molecule has 1 heterocycles. The Morgan fingerprint density at radius 2 is 1.72 bits per heavy atom. The van der Waals surface area contributed by atoms with Crippen molar-refractivity contribution >= 4 is 17.4 Å². The fraction of sp³-hybridized carbons (Fsp3) is 0.360. The first-order chi connectivity index (χ1) is 15.4. The number of aliphatic hydroxyl groups excluding tert-OH is 1. The number of likely N-dealkylation sites (tertiary alicyclic amines) is 1. The maximum absolute atomic E-state index is 13.0. The van der Waals surface area contributed by atoms with Gasteiger partial charge in [-0.2, -0.15) is 0 Å². The Kier molecular flexibility index (Phi) is 7.53. The van der Waals surface area contributed by atoms with Crippen LogP contribution in [0, 0.1) is 0 Å². The third-order valence-corrected chi connectivity index (χ3v) is 5.31. The number of hydrogen-bond acceptors (Lipinski definition) is 6. The molecule has 170 valence electrons. The van der Waals surface area contributed by atoms with Crippen molar-refractivity contribution in [1.29, 1.82) is 0 Å². The first-order valence-electron chi connectivity index (χ1n) is 10.6. The summed E-state index contributed by atoms with van der Waals surface area (Å²) in [6.45, 7) is 4.64. The molecule has 1 saturated heterocycles. The Hall–Kier alpha value is -3.32. The van der Waals surface area contributed by atoms with Gasteiger partial charge in [0.05, 0.1) is 31.9 Å². The molecule has 0 saturated carbocycles. The molecular weight excluding hydrogens is 410 g/mol. The number of Topliss-reactive ketones (excluding diaryl/α,β-unsaturated/α-hetero) is 1. The number of benzene rings is 2. The zero-order valence-corrected chi connectivity index (χ0v) is 18.8. The van der Waals surface area contributed by atoms with Crippen molar-refractivity contribution < 1.29 is 28.9 Å². The number of ketones is 1. The summed E-state index contributed by atoms with van der Waals surface area (Å²) in [6.07, 6.45) is 0.630. The zero-order valence-electron chi connectivity index (χ0n) is 18.8. The van der Waals surface area contributed by atoms with Crippen LogP contribution in [0.4, 0.5) is 0 Å². The van der Waals surface area contributed by atoms with Crippen molar-refractivity contribution in [2.75, 3.05) is 27.4 Å². The van der Waals surface area contributed by atoms with Crippen LogP contribution >= 0.6 is 0 Å². The van der Waals surface area contributed by atoms with E-state index in [2.05, 4.69) is 0 Å². The highest BCUT2D eigenvalue weighted by Gasteiger charge is 2.46. The topological polar surface area (TPSA) is 85.3 Å². The van der Waals surface area contributed by atoms with Gasteiger partial charge in [0.1, 0.15) is 5.76 Å². The van der Waals surface area contributed by atoms with Crippen LogP contribution in [0.25, 0.3) is 5.76 Å². The molecule has 1 fully saturated rings. The third-order valence-electron chi connectivity index (χ3n) is 5.31. The minimum atomic E-state index is -0.755. The minimum Gasteiger partial charge on any atom is -0.507 e. The molecule has 0 spiro atoms. The molecule has 1 aliphatic rings. The van der Waals surface area contributed by atoms with Crippen LogP contribution in [0.15, 0.2) is 54.1 Å². The average molecular weight is 440 g/mol. The van der Waals surface area contributed by atoms with E-state index in [1.54, 1.807) is 42.5 Å². The zero-order chi connectivity index (χ0) is 23.3. The van der Waals surface area contributed by atoms with Gasteiger partial charge in [0.25, 0.3) is 11.7 Å². The van der Waals surface area contributed by atoms with Crippen molar-refractivity contribution in [3.8, 4) is 11.5 Å². The Morgan fingerprint density at radius 3 is 2.34 bits per heavy atom. The van der Waals surface area contributed by atoms with Crippen LogP contribution in [0.5, 0.6) is 11.5 Å². The van der Waals surface area contributed by atoms with Crippen LogP contribution in [0.1, 0.15) is 37.4 Å². The highest BCUT2D eigenvalue weighted by Crippen LogP contribution is 2.41. The van der Waals surface area contributed by atoms with Crippen LogP contribution in [0.3, 0.4) is 0 Å². The first kappa shape index (κ1) is 23.3. The molecule has 1 atom stereocenters. The molecule has 1 N–H and O–H groups in total. The molecule has 3 rings (SSSR count). The molecule has 0 aromatic heterocycles. The Balaban J connectivity index is 2.07. The van der Waals surface area contributed by atoms with E-state index in [0.717, 1.165) is 0 Å². The maximum atomic E-state index is 13.0. The second-order valence-corrected chi connectivity index (χ2v) is 7.75. The lowest BCUT2D eigenvalue weighted by molar-refractivity contribution is -0.140. The van der Waals surface area contributed by atoms with Gasteiger partial charge in [-0.25, -0.2) is 0 Å². The molecule has 32 heavy (non-hydrogen) atoms. The third kappa shape index (κ3) is 4.78. The van der Waals surface area contributed by atoms with Crippen molar-refractivity contribution in [2.45, 2.75) is 32.4 Å². The molecule has 0 aliphatic carbocycles. The lowest BCUT2D eigenvalue weighted by Gasteiger charge is -2.26. The maximum Gasteiger partial charge on any atom is 0.295 e. The summed E-state index contributed by atoms with van der Waals surface area (Å²) in [7, 11) is 3.06. The van der Waals surface area contributed by atoms with E-state index in [1.807, 2.05) is 19.9 Å². The van der Waals surface area contributed by atoms with Gasteiger partial charge >= 0.3 is 0 Å². The summed E-state index contributed by atoms with van der Waals surface area (Å²) < 4.78 is 16.3. The molecule has 0 radical (unpaired) electrons. The number of nitrogens with zero attached hydrogens (tertiary/aromatic N) is 1. The molecule has 1 unspecified atom stereocenters. The highest BCUT2D eigenvalue weighted by molar-refractivity contribution is 6.46. The van der Waals surface area contributed by atoms with E-state index >= 15 is 0 Å². The van der Waals surface area contributed by atoms with Crippen molar-refractivity contribution in [2.24, 2.45) is 0 Å². The van der Waals surface area contributed by atoms with Crippen molar-refractivity contribution in [1.82, 2.24) is 4.90 Å². The van der Waals surface area contributed by atoms with Gasteiger partial charge in [-0.1, -0.05) is 36.4 Å². The summed E-state index contributed by atoms with van der Waals surface area (Å²) in [5.74, 6) is -0.563. The van der Waals surface area contributed by atoms with E-state index in [4.69, 9.17) is 14.2 Å². The van der Waals surface area contributed by atoms with Gasteiger partial charge in [0.2, 0.25) is 0 Å². The predicted molar refractivity (Wildman–Crippen MR) is 121 cm³/mol.